The van der Waals surface area contributed by atoms with Gasteiger partial charge in [0.05, 0.1) is 5.69 Å². The van der Waals surface area contributed by atoms with Crippen molar-refractivity contribution < 1.29 is 9.53 Å². The molecule has 1 aromatic rings. The largest absolute Gasteiger partial charge is 0.368 e. The van der Waals surface area contributed by atoms with Gasteiger partial charge in [-0.05, 0) is 38.3 Å². The minimum absolute atomic E-state index is 0.157. The van der Waals surface area contributed by atoms with Gasteiger partial charge in [-0.2, -0.15) is 5.10 Å². The maximum absolute atomic E-state index is 12.4. The Morgan fingerprint density at radius 1 is 1.19 bits per heavy atom. The van der Waals surface area contributed by atoms with Crippen LogP contribution in [0.5, 0.6) is 0 Å². The summed E-state index contributed by atoms with van der Waals surface area (Å²) in [7, 11) is 0. The number of hydrogen-bond acceptors (Lipinski definition) is 5. The molecular formula is C15H22N4O2. The lowest BCUT2D eigenvalue weighted by Gasteiger charge is -2.24. The second-order valence-electron chi connectivity index (χ2n) is 5.70. The van der Waals surface area contributed by atoms with Crippen molar-refractivity contribution in [1.29, 1.82) is 0 Å². The van der Waals surface area contributed by atoms with Crippen LogP contribution in [-0.4, -0.2) is 59.9 Å². The van der Waals surface area contributed by atoms with E-state index in [0.29, 0.717) is 0 Å². The summed E-state index contributed by atoms with van der Waals surface area (Å²) in [5.74, 6) is 1.05. The highest BCUT2D eigenvalue weighted by atomic mass is 16.5. The van der Waals surface area contributed by atoms with Gasteiger partial charge in [0.2, 0.25) is 0 Å². The molecule has 0 saturated carbocycles. The molecule has 1 aromatic heterocycles. The van der Waals surface area contributed by atoms with Gasteiger partial charge in [0, 0.05) is 32.8 Å². The van der Waals surface area contributed by atoms with Gasteiger partial charge in [-0.1, -0.05) is 0 Å². The molecule has 1 amide bonds. The lowest BCUT2D eigenvalue weighted by atomic mass is 10.2. The summed E-state index contributed by atoms with van der Waals surface area (Å²) in [6.45, 7) is 5.89. The fourth-order valence-corrected chi connectivity index (χ4v) is 2.90. The lowest BCUT2D eigenvalue weighted by molar-refractivity contribution is -0.140. The third kappa shape index (κ3) is 3.32. The predicted molar refractivity (Wildman–Crippen MR) is 79.2 cm³/mol. The molecule has 1 atom stereocenters. The van der Waals surface area contributed by atoms with E-state index in [1.165, 1.54) is 0 Å². The van der Waals surface area contributed by atoms with Crippen LogP contribution >= 0.6 is 0 Å². The first kappa shape index (κ1) is 14.3. The number of rotatable bonds is 2. The Bertz CT molecular complexity index is 485. The number of aryl methyl sites for hydroxylation is 1. The molecule has 0 radical (unpaired) electrons. The van der Waals surface area contributed by atoms with Gasteiger partial charge >= 0.3 is 0 Å². The van der Waals surface area contributed by atoms with Gasteiger partial charge in [-0.3, -0.25) is 4.79 Å². The predicted octanol–water partition coefficient (Wildman–Crippen LogP) is 1.00. The van der Waals surface area contributed by atoms with E-state index in [9.17, 15) is 4.79 Å². The fourth-order valence-electron chi connectivity index (χ4n) is 2.90. The molecule has 0 spiro atoms. The number of amides is 1. The van der Waals surface area contributed by atoms with Crippen LogP contribution in [-0.2, 0) is 9.53 Å². The van der Waals surface area contributed by atoms with E-state index in [1.807, 2.05) is 24.0 Å². The zero-order chi connectivity index (χ0) is 14.7. The van der Waals surface area contributed by atoms with Crippen LogP contribution in [0, 0.1) is 6.92 Å². The molecule has 0 unspecified atom stereocenters. The molecule has 6 nitrogen and oxygen atoms in total. The van der Waals surface area contributed by atoms with Crippen molar-refractivity contribution in [2.45, 2.75) is 32.3 Å². The monoisotopic (exact) mass is 290 g/mol. The average molecular weight is 290 g/mol. The molecule has 114 valence electrons. The van der Waals surface area contributed by atoms with Crippen LogP contribution in [0.3, 0.4) is 0 Å². The van der Waals surface area contributed by atoms with Crippen LogP contribution < -0.4 is 4.90 Å². The van der Waals surface area contributed by atoms with E-state index >= 15 is 0 Å². The molecule has 2 saturated heterocycles. The summed E-state index contributed by atoms with van der Waals surface area (Å²) in [4.78, 5) is 16.5. The van der Waals surface area contributed by atoms with Crippen molar-refractivity contribution in [2.24, 2.45) is 0 Å². The Morgan fingerprint density at radius 3 is 2.81 bits per heavy atom. The van der Waals surface area contributed by atoms with E-state index in [-0.39, 0.29) is 12.0 Å². The molecular weight excluding hydrogens is 268 g/mol. The highest BCUT2D eigenvalue weighted by Gasteiger charge is 2.29. The fraction of sp³-hybridized carbons (Fsp3) is 0.667. The first-order valence-electron chi connectivity index (χ1n) is 7.70. The van der Waals surface area contributed by atoms with Crippen LogP contribution in [0.4, 0.5) is 5.82 Å². The normalized spacial score (nSPS) is 23.2. The average Bonchev–Trinajstić information content (AvgIpc) is 2.92. The number of ether oxygens (including phenoxy) is 1. The molecule has 2 fully saturated rings. The SMILES string of the molecule is Cc1ccc(N2CCCN(C(=O)[C@@H]3CCCO3)CC2)nn1. The van der Waals surface area contributed by atoms with Gasteiger partial charge in [-0.15, -0.1) is 5.10 Å². The van der Waals surface area contributed by atoms with Gasteiger partial charge in [0.1, 0.15) is 6.10 Å². The van der Waals surface area contributed by atoms with Gasteiger partial charge in [-0.25, -0.2) is 0 Å². The summed E-state index contributed by atoms with van der Waals surface area (Å²) in [6.07, 6.45) is 2.60. The zero-order valence-corrected chi connectivity index (χ0v) is 12.5. The summed E-state index contributed by atoms with van der Waals surface area (Å²) in [5, 5.41) is 8.35. The third-order valence-electron chi connectivity index (χ3n) is 4.12. The van der Waals surface area contributed by atoms with Crippen molar-refractivity contribution in [3.8, 4) is 0 Å². The topological polar surface area (TPSA) is 58.6 Å². The summed E-state index contributed by atoms with van der Waals surface area (Å²) in [6, 6.07) is 3.97. The van der Waals surface area contributed by atoms with Gasteiger partial charge in [0.25, 0.3) is 5.91 Å². The van der Waals surface area contributed by atoms with Crippen molar-refractivity contribution in [3.63, 3.8) is 0 Å². The van der Waals surface area contributed by atoms with Crippen molar-refractivity contribution >= 4 is 11.7 Å². The van der Waals surface area contributed by atoms with Crippen molar-refractivity contribution in [3.05, 3.63) is 17.8 Å². The Balaban J connectivity index is 1.61. The van der Waals surface area contributed by atoms with E-state index in [2.05, 4.69) is 15.1 Å². The number of anilines is 1. The number of carbonyl (C=O) groups is 1. The Kier molecular flexibility index (Phi) is 4.34. The van der Waals surface area contributed by atoms with E-state index in [4.69, 9.17) is 4.74 Å². The molecule has 3 rings (SSSR count). The number of carbonyl (C=O) groups excluding carboxylic acids is 1. The second-order valence-corrected chi connectivity index (χ2v) is 5.70. The van der Waals surface area contributed by atoms with Crippen LogP contribution in [0.1, 0.15) is 25.0 Å². The van der Waals surface area contributed by atoms with E-state index < -0.39 is 0 Å². The Labute approximate surface area is 125 Å². The quantitative estimate of drug-likeness (QED) is 0.813. The summed E-state index contributed by atoms with van der Waals surface area (Å²) >= 11 is 0. The van der Waals surface area contributed by atoms with E-state index in [0.717, 1.165) is 63.6 Å². The highest BCUT2D eigenvalue weighted by Crippen LogP contribution is 2.17. The standard InChI is InChI=1S/C15H22N4O2/c1-12-5-6-14(17-16-12)18-7-3-8-19(10-9-18)15(20)13-4-2-11-21-13/h5-6,13H,2-4,7-11H2,1H3/t13-/m0/s1. The molecule has 21 heavy (non-hydrogen) atoms. The van der Waals surface area contributed by atoms with Crippen molar-refractivity contribution in [1.82, 2.24) is 15.1 Å². The third-order valence-corrected chi connectivity index (χ3v) is 4.12. The van der Waals surface area contributed by atoms with Gasteiger partial charge < -0.3 is 14.5 Å². The van der Waals surface area contributed by atoms with Crippen LogP contribution in [0.2, 0.25) is 0 Å². The molecule has 0 aromatic carbocycles. The molecule has 2 aliphatic rings. The van der Waals surface area contributed by atoms with Crippen LogP contribution in [0.15, 0.2) is 12.1 Å². The van der Waals surface area contributed by atoms with Crippen LogP contribution in [0.25, 0.3) is 0 Å². The van der Waals surface area contributed by atoms with E-state index in [1.54, 1.807) is 0 Å². The Morgan fingerprint density at radius 2 is 2.10 bits per heavy atom. The maximum atomic E-state index is 12.4. The minimum atomic E-state index is -0.212. The Hall–Kier alpha value is -1.69. The molecule has 0 bridgehead atoms. The van der Waals surface area contributed by atoms with Gasteiger partial charge in [0.15, 0.2) is 5.82 Å². The lowest BCUT2D eigenvalue weighted by Crippen LogP contribution is -2.41. The highest BCUT2D eigenvalue weighted by molar-refractivity contribution is 5.81. The number of nitrogens with zero attached hydrogens (tertiary/aromatic N) is 4. The number of aromatic nitrogens is 2. The molecule has 2 aliphatic heterocycles. The smallest absolute Gasteiger partial charge is 0.251 e. The molecule has 0 N–H and O–H groups in total. The molecule has 3 heterocycles. The second kappa shape index (κ2) is 6.39. The maximum Gasteiger partial charge on any atom is 0.251 e. The minimum Gasteiger partial charge on any atom is -0.368 e. The summed E-state index contributed by atoms with van der Waals surface area (Å²) < 4.78 is 5.51. The zero-order valence-electron chi connectivity index (χ0n) is 12.5. The summed E-state index contributed by atoms with van der Waals surface area (Å²) in [5.41, 5.74) is 0.920. The first-order valence-corrected chi connectivity index (χ1v) is 7.70. The van der Waals surface area contributed by atoms with Crippen molar-refractivity contribution in [2.75, 3.05) is 37.7 Å². The first-order chi connectivity index (χ1) is 10.2. The number of hydrogen-bond donors (Lipinski definition) is 0. The molecule has 0 aliphatic carbocycles. The molecule has 6 heteroatoms.